The molecule has 1 heterocycles. The van der Waals surface area contributed by atoms with E-state index in [2.05, 4.69) is 14.7 Å². The zero-order valence-corrected chi connectivity index (χ0v) is 6.59. The highest BCUT2D eigenvalue weighted by Gasteiger charge is 2.02. The molecule has 0 aliphatic carbocycles. The second-order valence-corrected chi connectivity index (χ2v) is 2.15. The molecule has 0 amide bonds. The van der Waals surface area contributed by atoms with Crippen molar-refractivity contribution >= 4 is 17.5 Å². The van der Waals surface area contributed by atoms with E-state index in [-0.39, 0.29) is 11.1 Å². The van der Waals surface area contributed by atoms with Crippen LogP contribution in [-0.2, 0) is 4.74 Å². The van der Waals surface area contributed by atoms with Gasteiger partial charge in [0.2, 0.25) is 5.90 Å². The van der Waals surface area contributed by atoms with Crippen molar-refractivity contribution in [1.29, 1.82) is 5.41 Å². The maximum Gasteiger partial charge on any atom is 0.233 e. The third kappa shape index (κ3) is 1.88. The Morgan fingerprint density at radius 1 is 1.64 bits per heavy atom. The highest BCUT2D eigenvalue weighted by Crippen LogP contribution is 2.02. The molecular weight excluding hydrogens is 166 g/mol. The van der Waals surface area contributed by atoms with Crippen LogP contribution in [-0.4, -0.2) is 23.0 Å². The molecule has 1 N–H and O–H groups in total. The summed E-state index contributed by atoms with van der Waals surface area (Å²) in [5.74, 6) is -0.0417. The molecule has 1 aromatic rings. The van der Waals surface area contributed by atoms with Crippen LogP contribution in [0.3, 0.4) is 0 Å². The highest BCUT2D eigenvalue weighted by atomic mass is 35.5. The summed E-state index contributed by atoms with van der Waals surface area (Å²) in [6.45, 7) is 0. The quantitative estimate of drug-likeness (QED) is 0.509. The van der Waals surface area contributed by atoms with Crippen molar-refractivity contribution in [2.75, 3.05) is 7.11 Å². The van der Waals surface area contributed by atoms with Crippen molar-refractivity contribution < 1.29 is 4.74 Å². The molecule has 0 aromatic carbocycles. The Balaban J connectivity index is 2.96. The highest BCUT2D eigenvalue weighted by molar-refractivity contribution is 6.29. The van der Waals surface area contributed by atoms with Crippen LogP contribution in [0.15, 0.2) is 12.4 Å². The second kappa shape index (κ2) is 3.30. The minimum Gasteiger partial charge on any atom is -0.480 e. The summed E-state index contributed by atoms with van der Waals surface area (Å²) < 4.78 is 4.61. The van der Waals surface area contributed by atoms with Crippen LogP contribution in [0.4, 0.5) is 0 Å². The molecule has 1 aromatic heterocycles. The number of nitrogens with one attached hydrogen (secondary N) is 1. The van der Waals surface area contributed by atoms with E-state index in [1.165, 1.54) is 19.5 Å². The van der Waals surface area contributed by atoms with Gasteiger partial charge in [-0.25, -0.2) is 4.98 Å². The van der Waals surface area contributed by atoms with Crippen molar-refractivity contribution in [1.82, 2.24) is 9.97 Å². The first-order valence-electron chi connectivity index (χ1n) is 2.84. The molecule has 58 valence electrons. The van der Waals surface area contributed by atoms with Gasteiger partial charge in [0.25, 0.3) is 0 Å². The Hall–Kier alpha value is -1.16. The van der Waals surface area contributed by atoms with Crippen LogP contribution in [0, 0.1) is 5.41 Å². The molecule has 0 bridgehead atoms. The lowest BCUT2D eigenvalue weighted by molar-refractivity contribution is 0.399. The molecule has 11 heavy (non-hydrogen) atoms. The molecule has 0 fully saturated rings. The smallest absolute Gasteiger partial charge is 0.233 e. The zero-order chi connectivity index (χ0) is 8.27. The maximum atomic E-state index is 7.19. The maximum absolute atomic E-state index is 7.19. The topological polar surface area (TPSA) is 58.9 Å². The fourth-order valence-electron chi connectivity index (χ4n) is 0.556. The number of hydrogen-bond acceptors (Lipinski definition) is 4. The van der Waals surface area contributed by atoms with Gasteiger partial charge in [-0.1, -0.05) is 11.6 Å². The van der Waals surface area contributed by atoms with Gasteiger partial charge in [-0.3, -0.25) is 10.4 Å². The number of rotatable bonds is 1. The summed E-state index contributed by atoms with van der Waals surface area (Å²) in [6, 6.07) is 0. The summed E-state index contributed by atoms with van der Waals surface area (Å²) in [4.78, 5) is 7.54. The van der Waals surface area contributed by atoms with Gasteiger partial charge in [-0.15, -0.1) is 0 Å². The molecule has 0 atom stereocenters. The lowest BCUT2D eigenvalue weighted by Crippen LogP contribution is -2.04. The normalized spacial score (nSPS) is 9.27. The van der Waals surface area contributed by atoms with Gasteiger partial charge in [-0.05, 0) is 0 Å². The van der Waals surface area contributed by atoms with Crippen molar-refractivity contribution in [2.24, 2.45) is 0 Å². The van der Waals surface area contributed by atoms with E-state index < -0.39 is 0 Å². The molecule has 0 saturated carbocycles. The van der Waals surface area contributed by atoms with Gasteiger partial charge in [0.15, 0.2) is 0 Å². The summed E-state index contributed by atoms with van der Waals surface area (Å²) in [7, 11) is 1.39. The van der Waals surface area contributed by atoms with Crippen LogP contribution >= 0.6 is 11.6 Å². The fraction of sp³-hybridized carbons (Fsp3) is 0.167. The first-order valence-corrected chi connectivity index (χ1v) is 3.22. The predicted molar refractivity (Wildman–Crippen MR) is 40.9 cm³/mol. The van der Waals surface area contributed by atoms with Crippen LogP contribution in [0.1, 0.15) is 5.69 Å². The van der Waals surface area contributed by atoms with E-state index in [1.54, 1.807) is 0 Å². The minimum atomic E-state index is -0.0417. The molecule has 0 spiro atoms. The average Bonchev–Trinajstić information content (AvgIpc) is 2.03. The van der Waals surface area contributed by atoms with Gasteiger partial charge >= 0.3 is 0 Å². The first kappa shape index (κ1) is 7.94. The minimum absolute atomic E-state index is 0.0417. The summed E-state index contributed by atoms with van der Waals surface area (Å²) >= 11 is 5.52. The Bertz CT molecular complexity index is 276. The standard InChI is InChI=1S/C6H6ClN3O/c1-11-6(8)4-2-9-3-5(7)10-4/h2-3,8H,1H3. The predicted octanol–water partition coefficient (Wildman–Crippen LogP) is 1.10. The molecule has 0 aliphatic rings. The fourth-order valence-corrected chi connectivity index (χ4v) is 0.704. The van der Waals surface area contributed by atoms with E-state index >= 15 is 0 Å². The van der Waals surface area contributed by atoms with E-state index in [9.17, 15) is 0 Å². The lowest BCUT2D eigenvalue weighted by Gasteiger charge is -1.99. The largest absolute Gasteiger partial charge is 0.480 e. The molecule has 0 radical (unpaired) electrons. The SMILES string of the molecule is COC(=N)c1cncc(Cl)n1. The monoisotopic (exact) mass is 171 g/mol. The third-order valence-electron chi connectivity index (χ3n) is 1.04. The van der Waals surface area contributed by atoms with Crippen molar-refractivity contribution in [3.05, 3.63) is 23.2 Å². The Morgan fingerprint density at radius 3 is 2.91 bits per heavy atom. The van der Waals surface area contributed by atoms with Gasteiger partial charge in [0, 0.05) is 0 Å². The number of halogens is 1. The number of ether oxygens (including phenoxy) is 1. The van der Waals surface area contributed by atoms with Crippen molar-refractivity contribution in [3.8, 4) is 0 Å². The number of methoxy groups -OCH3 is 1. The molecule has 1 rings (SSSR count). The van der Waals surface area contributed by atoms with Crippen LogP contribution in [0.25, 0.3) is 0 Å². The van der Waals surface area contributed by atoms with Crippen molar-refractivity contribution in [3.63, 3.8) is 0 Å². The average molecular weight is 172 g/mol. The third-order valence-corrected chi connectivity index (χ3v) is 1.22. The first-order chi connectivity index (χ1) is 5.24. The summed E-state index contributed by atoms with van der Waals surface area (Å²) in [5.41, 5.74) is 0.333. The van der Waals surface area contributed by atoms with E-state index in [0.29, 0.717) is 5.69 Å². The molecule has 4 nitrogen and oxygen atoms in total. The van der Waals surface area contributed by atoms with Gasteiger partial charge in [0.1, 0.15) is 10.8 Å². The molecular formula is C6H6ClN3O. The molecule has 5 heteroatoms. The van der Waals surface area contributed by atoms with E-state index in [0.717, 1.165) is 0 Å². The van der Waals surface area contributed by atoms with E-state index in [1.807, 2.05) is 0 Å². The van der Waals surface area contributed by atoms with E-state index in [4.69, 9.17) is 17.0 Å². The number of hydrogen-bond donors (Lipinski definition) is 1. The summed E-state index contributed by atoms with van der Waals surface area (Å²) in [6.07, 6.45) is 2.81. The lowest BCUT2D eigenvalue weighted by atomic mass is 10.4. The molecule has 0 aliphatic heterocycles. The summed E-state index contributed by atoms with van der Waals surface area (Å²) in [5, 5.41) is 7.45. The van der Waals surface area contributed by atoms with Crippen molar-refractivity contribution in [2.45, 2.75) is 0 Å². The number of aromatic nitrogens is 2. The Labute approximate surface area is 68.7 Å². The van der Waals surface area contributed by atoms with Gasteiger partial charge < -0.3 is 4.74 Å². The van der Waals surface area contributed by atoms with Crippen LogP contribution in [0.5, 0.6) is 0 Å². The van der Waals surface area contributed by atoms with Gasteiger partial charge in [0.05, 0.1) is 19.5 Å². The molecule has 0 saturated heterocycles. The molecule has 0 unspecified atom stereocenters. The Kier molecular flexibility index (Phi) is 2.38. The second-order valence-electron chi connectivity index (χ2n) is 1.76. The van der Waals surface area contributed by atoms with Crippen LogP contribution < -0.4 is 0 Å². The van der Waals surface area contributed by atoms with Gasteiger partial charge in [-0.2, -0.15) is 0 Å². The Morgan fingerprint density at radius 2 is 2.36 bits per heavy atom. The van der Waals surface area contributed by atoms with Crippen LogP contribution in [0.2, 0.25) is 5.15 Å². The zero-order valence-electron chi connectivity index (χ0n) is 5.84. The number of nitrogens with zero attached hydrogens (tertiary/aromatic N) is 2.